The summed E-state index contributed by atoms with van der Waals surface area (Å²) in [6.07, 6.45) is 2.02. The Balaban J connectivity index is 2.09. The van der Waals surface area contributed by atoms with E-state index in [0.717, 1.165) is 5.69 Å². The highest BCUT2D eigenvalue weighted by Gasteiger charge is 2.43. The topological polar surface area (TPSA) is 65.2 Å². The molecule has 2 heterocycles. The molecular weight excluding hydrogens is 204 g/mol. The lowest BCUT2D eigenvalue weighted by Gasteiger charge is -2.24. The second-order valence-electron chi connectivity index (χ2n) is 4.46. The molecule has 0 radical (unpaired) electrons. The van der Waals surface area contributed by atoms with Gasteiger partial charge >= 0.3 is 0 Å². The van der Waals surface area contributed by atoms with Crippen LogP contribution in [0, 0.1) is 5.41 Å². The molecule has 2 unspecified atom stereocenters. The number of ether oxygens (including phenoxy) is 1. The van der Waals surface area contributed by atoms with Crippen molar-refractivity contribution in [3.8, 4) is 0 Å². The van der Waals surface area contributed by atoms with Gasteiger partial charge in [-0.25, -0.2) is 0 Å². The summed E-state index contributed by atoms with van der Waals surface area (Å²) in [4.78, 5) is 16.3. The van der Waals surface area contributed by atoms with Crippen LogP contribution in [-0.2, 0) is 16.0 Å². The average molecular weight is 220 g/mol. The first-order valence-corrected chi connectivity index (χ1v) is 5.39. The molecule has 0 spiro atoms. The van der Waals surface area contributed by atoms with E-state index in [1.54, 1.807) is 6.20 Å². The molecule has 16 heavy (non-hydrogen) atoms. The van der Waals surface area contributed by atoms with Gasteiger partial charge in [-0.15, -0.1) is 0 Å². The first-order chi connectivity index (χ1) is 7.63. The van der Waals surface area contributed by atoms with Crippen molar-refractivity contribution in [3.05, 3.63) is 30.1 Å². The number of rotatable bonds is 3. The number of carbonyl (C=O) groups excluding carboxylic acids is 1. The maximum atomic E-state index is 12.1. The first kappa shape index (κ1) is 11.2. The van der Waals surface area contributed by atoms with E-state index in [4.69, 9.17) is 10.5 Å². The molecule has 0 bridgehead atoms. The van der Waals surface area contributed by atoms with Crippen LogP contribution in [0.2, 0.25) is 0 Å². The highest BCUT2D eigenvalue weighted by atomic mass is 16.5. The monoisotopic (exact) mass is 220 g/mol. The fraction of sp³-hybridized carbons (Fsp3) is 0.500. The SMILES string of the molecule is CC1(C(=O)Cc2ccccn2)COCC1N. The fourth-order valence-electron chi connectivity index (χ4n) is 1.85. The quantitative estimate of drug-likeness (QED) is 0.808. The molecule has 0 amide bonds. The second kappa shape index (κ2) is 4.31. The molecule has 0 aliphatic carbocycles. The summed E-state index contributed by atoms with van der Waals surface area (Å²) < 4.78 is 5.26. The van der Waals surface area contributed by atoms with Crippen molar-refractivity contribution in [2.24, 2.45) is 11.1 Å². The van der Waals surface area contributed by atoms with E-state index in [9.17, 15) is 4.79 Å². The lowest BCUT2D eigenvalue weighted by molar-refractivity contribution is -0.127. The lowest BCUT2D eigenvalue weighted by Crippen LogP contribution is -2.45. The van der Waals surface area contributed by atoms with Crippen molar-refractivity contribution in [1.29, 1.82) is 0 Å². The van der Waals surface area contributed by atoms with E-state index < -0.39 is 5.41 Å². The van der Waals surface area contributed by atoms with Crippen LogP contribution >= 0.6 is 0 Å². The molecule has 86 valence electrons. The van der Waals surface area contributed by atoms with Crippen molar-refractivity contribution in [3.63, 3.8) is 0 Å². The molecule has 4 nitrogen and oxygen atoms in total. The predicted octanol–water partition coefficient (Wildman–Crippen LogP) is 0.557. The van der Waals surface area contributed by atoms with E-state index in [1.807, 2.05) is 25.1 Å². The summed E-state index contributed by atoms with van der Waals surface area (Å²) in [6, 6.07) is 5.36. The van der Waals surface area contributed by atoms with Crippen LogP contribution in [0.5, 0.6) is 0 Å². The van der Waals surface area contributed by atoms with E-state index in [1.165, 1.54) is 0 Å². The van der Waals surface area contributed by atoms with Gasteiger partial charge in [-0.05, 0) is 19.1 Å². The highest BCUT2D eigenvalue weighted by molar-refractivity contribution is 5.87. The van der Waals surface area contributed by atoms with Crippen molar-refractivity contribution in [1.82, 2.24) is 4.98 Å². The maximum absolute atomic E-state index is 12.1. The minimum Gasteiger partial charge on any atom is -0.379 e. The summed E-state index contributed by atoms with van der Waals surface area (Å²) in [5.41, 5.74) is 6.13. The van der Waals surface area contributed by atoms with Gasteiger partial charge in [-0.2, -0.15) is 0 Å². The molecule has 1 saturated heterocycles. The van der Waals surface area contributed by atoms with E-state index in [-0.39, 0.29) is 11.8 Å². The number of nitrogens with zero attached hydrogens (tertiary/aromatic N) is 1. The standard InChI is InChI=1S/C12H16N2O2/c1-12(8-16-7-10(12)13)11(15)6-9-4-2-3-5-14-9/h2-5,10H,6-8,13H2,1H3. The number of hydrogen-bond donors (Lipinski definition) is 1. The minimum atomic E-state index is -0.558. The van der Waals surface area contributed by atoms with Crippen LogP contribution in [0.1, 0.15) is 12.6 Å². The molecule has 1 fully saturated rings. The Morgan fingerprint density at radius 3 is 3.06 bits per heavy atom. The number of pyridine rings is 1. The third-order valence-electron chi connectivity index (χ3n) is 3.22. The van der Waals surface area contributed by atoms with E-state index in [0.29, 0.717) is 19.6 Å². The van der Waals surface area contributed by atoms with Crippen LogP contribution in [0.4, 0.5) is 0 Å². The Kier molecular flexibility index (Phi) is 3.03. The molecule has 1 aliphatic heterocycles. The number of aromatic nitrogens is 1. The zero-order chi connectivity index (χ0) is 11.6. The summed E-state index contributed by atoms with van der Waals surface area (Å²) in [6.45, 7) is 2.75. The second-order valence-corrected chi connectivity index (χ2v) is 4.46. The van der Waals surface area contributed by atoms with Crippen LogP contribution < -0.4 is 5.73 Å². The van der Waals surface area contributed by atoms with Crippen LogP contribution in [0.25, 0.3) is 0 Å². The van der Waals surface area contributed by atoms with Crippen molar-refractivity contribution in [2.45, 2.75) is 19.4 Å². The number of ketones is 1. The van der Waals surface area contributed by atoms with Gasteiger partial charge in [0.1, 0.15) is 5.78 Å². The Bertz CT molecular complexity index is 380. The number of carbonyl (C=O) groups is 1. The lowest BCUT2D eigenvalue weighted by atomic mass is 9.79. The molecular formula is C12H16N2O2. The Labute approximate surface area is 94.8 Å². The van der Waals surface area contributed by atoms with Gasteiger partial charge in [-0.1, -0.05) is 6.07 Å². The molecule has 0 aromatic carbocycles. The van der Waals surface area contributed by atoms with E-state index >= 15 is 0 Å². The zero-order valence-corrected chi connectivity index (χ0v) is 9.35. The van der Waals surface area contributed by atoms with Crippen molar-refractivity contribution >= 4 is 5.78 Å². The van der Waals surface area contributed by atoms with Crippen LogP contribution in [-0.4, -0.2) is 30.0 Å². The summed E-state index contributed by atoms with van der Waals surface area (Å²) in [5, 5.41) is 0. The van der Waals surface area contributed by atoms with Gasteiger partial charge in [0.2, 0.25) is 0 Å². The molecule has 1 aromatic heterocycles. The largest absolute Gasteiger partial charge is 0.379 e. The third kappa shape index (κ3) is 1.99. The predicted molar refractivity (Wildman–Crippen MR) is 59.8 cm³/mol. The van der Waals surface area contributed by atoms with Gasteiger partial charge in [0.05, 0.1) is 18.6 Å². The number of nitrogens with two attached hydrogens (primary N) is 1. The van der Waals surface area contributed by atoms with Crippen LogP contribution in [0.15, 0.2) is 24.4 Å². The van der Waals surface area contributed by atoms with Gasteiger partial charge in [0.15, 0.2) is 0 Å². The van der Waals surface area contributed by atoms with Gasteiger partial charge in [0.25, 0.3) is 0 Å². The van der Waals surface area contributed by atoms with Crippen molar-refractivity contribution < 1.29 is 9.53 Å². The first-order valence-electron chi connectivity index (χ1n) is 5.39. The highest BCUT2D eigenvalue weighted by Crippen LogP contribution is 2.29. The van der Waals surface area contributed by atoms with Gasteiger partial charge in [-0.3, -0.25) is 9.78 Å². The zero-order valence-electron chi connectivity index (χ0n) is 9.35. The molecule has 2 rings (SSSR count). The maximum Gasteiger partial charge on any atom is 0.148 e. The average Bonchev–Trinajstić information content (AvgIpc) is 2.62. The molecule has 1 aliphatic rings. The van der Waals surface area contributed by atoms with Gasteiger partial charge in [0, 0.05) is 24.4 Å². The molecule has 2 atom stereocenters. The molecule has 0 saturated carbocycles. The van der Waals surface area contributed by atoms with Crippen LogP contribution in [0.3, 0.4) is 0 Å². The normalized spacial score (nSPS) is 29.2. The number of Topliss-reactive ketones (excluding diaryl/α,β-unsaturated/α-hetero) is 1. The van der Waals surface area contributed by atoms with Gasteiger partial charge < -0.3 is 10.5 Å². The molecule has 2 N–H and O–H groups in total. The smallest absolute Gasteiger partial charge is 0.148 e. The third-order valence-corrected chi connectivity index (χ3v) is 3.22. The molecule has 4 heteroatoms. The Morgan fingerprint density at radius 2 is 2.50 bits per heavy atom. The Hall–Kier alpha value is -1.26. The number of hydrogen-bond acceptors (Lipinski definition) is 4. The Morgan fingerprint density at radius 1 is 1.69 bits per heavy atom. The molecule has 1 aromatic rings. The summed E-state index contributed by atoms with van der Waals surface area (Å²) in [7, 11) is 0. The summed E-state index contributed by atoms with van der Waals surface area (Å²) >= 11 is 0. The van der Waals surface area contributed by atoms with E-state index in [2.05, 4.69) is 4.98 Å². The minimum absolute atomic E-state index is 0.108. The fourth-order valence-corrected chi connectivity index (χ4v) is 1.85. The summed E-state index contributed by atoms with van der Waals surface area (Å²) in [5.74, 6) is 0.108. The van der Waals surface area contributed by atoms with Crippen molar-refractivity contribution in [2.75, 3.05) is 13.2 Å².